The third kappa shape index (κ3) is 4.17. The molecule has 6 heterocycles. The average Bonchev–Trinajstić information content (AvgIpc) is 3.66. The Labute approximate surface area is 215 Å². The van der Waals surface area contributed by atoms with Gasteiger partial charge in [-0.3, -0.25) is 24.7 Å². The normalized spacial score (nSPS) is 11.3. The van der Waals surface area contributed by atoms with Crippen LogP contribution in [-0.2, 0) is 4.79 Å². The van der Waals surface area contributed by atoms with E-state index in [2.05, 4.69) is 30.5 Å². The van der Waals surface area contributed by atoms with E-state index in [1.54, 1.807) is 32.4 Å². The molecule has 0 spiro atoms. The van der Waals surface area contributed by atoms with E-state index in [4.69, 9.17) is 4.98 Å². The van der Waals surface area contributed by atoms with Crippen LogP contribution in [0.4, 0.5) is 5.69 Å². The maximum Gasteiger partial charge on any atom is 0.224 e. The Morgan fingerprint density at radius 2 is 1.86 bits per heavy atom. The molecule has 6 aromatic heterocycles. The van der Waals surface area contributed by atoms with Gasteiger partial charge in [-0.05, 0) is 43.3 Å². The fraction of sp³-hybridized carbons (Fsp3) is 0.111. The van der Waals surface area contributed by atoms with Crippen molar-refractivity contribution in [1.29, 1.82) is 0 Å². The van der Waals surface area contributed by atoms with Gasteiger partial charge in [0.2, 0.25) is 5.91 Å². The first-order valence-corrected chi connectivity index (χ1v) is 12.5. The number of anilines is 1. The number of hydrogen-bond acceptors (Lipinski definition) is 7. The van der Waals surface area contributed by atoms with Crippen molar-refractivity contribution in [1.82, 2.24) is 30.1 Å². The number of fused-ring (bicyclic) bond motifs is 2. The van der Waals surface area contributed by atoms with E-state index in [1.165, 1.54) is 11.3 Å². The lowest BCUT2D eigenvalue weighted by atomic mass is 10.1. The topological polar surface area (TPSA) is 129 Å². The number of ketones is 1. The lowest BCUT2D eigenvalue weighted by molar-refractivity contribution is -0.115. The van der Waals surface area contributed by atoms with Gasteiger partial charge in [-0.15, -0.1) is 11.3 Å². The van der Waals surface area contributed by atoms with Gasteiger partial charge in [-0.1, -0.05) is 6.92 Å². The first-order chi connectivity index (χ1) is 18.0. The monoisotopic (exact) mass is 507 g/mol. The number of rotatable bonds is 6. The number of Topliss-reactive ketones (excluding diaryl/α,β-unsaturated/α-hetero) is 1. The summed E-state index contributed by atoms with van der Waals surface area (Å²) in [5.74, 6) is -0.0308. The zero-order chi connectivity index (χ0) is 25.5. The van der Waals surface area contributed by atoms with Gasteiger partial charge in [0, 0.05) is 40.2 Å². The third-order valence-electron chi connectivity index (χ3n) is 6.07. The molecule has 0 saturated carbocycles. The number of aromatic amines is 2. The maximum absolute atomic E-state index is 11.8. The number of amides is 1. The Morgan fingerprint density at radius 1 is 1.00 bits per heavy atom. The van der Waals surface area contributed by atoms with Gasteiger partial charge in [-0.2, -0.15) is 5.10 Å². The number of nitrogens with zero attached hydrogens (tertiary/aromatic N) is 4. The summed E-state index contributed by atoms with van der Waals surface area (Å²) in [7, 11) is 0. The fourth-order valence-electron chi connectivity index (χ4n) is 4.19. The molecule has 3 N–H and O–H groups in total. The van der Waals surface area contributed by atoms with Crippen LogP contribution in [0, 0.1) is 0 Å². The second-order valence-electron chi connectivity index (χ2n) is 8.58. The molecule has 0 saturated heterocycles. The summed E-state index contributed by atoms with van der Waals surface area (Å²) in [5.41, 5.74) is 6.90. The second-order valence-corrected chi connectivity index (χ2v) is 9.66. The molecular formula is C27H21N7O2S. The van der Waals surface area contributed by atoms with Gasteiger partial charge in [0.25, 0.3) is 0 Å². The molecular weight excluding hydrogens is 486 g/mol. The molecule has 37 heavy (non-hydrogen) atoms. The van der Waals surface area contributed by atoms with E-state index >= 15 is 0 Å². The van der Waals surface area contributed by atoms with Crippen LogP contribution in [0.3, 0.4) is 0 Å². The Balaban J connectivity index is 1.42. The molecule has 0 unspecified atom stereocenters. The zero-order valence-electron chi connectivity index (χ0n) is 20.0. The highest BCUT2D eigenvalue weighted by molar-refractivity contribution is 7.17. The number of H-pyrrole nitrogens is 2. The maximum atomic E-state index is 11.8. The van der Waals surface area contributed by atoms with Crippen LogP contribution in [-0.4, -0.2) is 41.8 Å². The van der Waals surface area contributed by atoms with Gasteiger partial charge in [0.15, 0.2) is 5.78 Å². The van der Waals surface area contributed by atoms with E-state index < -0.39 is 0 Å². The number of carbonyl (C=O) groups is 2. The summed E-state index contributed by atoms with van der Waals surface area (Å²) in [6, 6.07) is 11.5. The Morgan fingerprint density at radius 3 is 2.68 bits per heavy atom. The van der Waals surface area contributed by atoms with Crippen LogP contribution >= 0.6 is 11.3 Å². The van der Waals surface area contributed by atoms with E-state index in [-0.39, 0.29) is 11.7 Å². The molecule has 0 fully saturated rings. The smallest absolute Gasteiger partial charge is 0.224 e. The van der Waals surface area contributed by atoms with Crippen LogP contribution in [0.2, 0.25) is 0 Å². The molecule has 0 radical (unpaired) electrons. The minimum absolute atomic E-state index is 0.0458. The van der Waals surface area contributed by atoms with Crippen LogP contribution < -0.4 is 5.32 Å². The summed E-state index contributed by atoms with van der Waals surface area (Å²) >= 11 is 1.45. The van der Waals surface area contributed by atoms with E-state index in [0.717, 1.165) is 38.1 Å². The minimum Gasteiger partial charge on any atom is -0.352 e. The SMILES string of the molecule is CCC(=O)Nc1cncc(-c2ccc3[nH]nc(-c4cc5c(-c6ccc(C(C)=O)s6)cncc5[nH]4)c3n2)c1. The number of thiophene rings is 1. The van der Waals surface area contributed by atoms with Gasteiger partial charge in [0.05, 0.1) is 45.4 Å². The van der Waals surface area contributed by atoms with E-state index in [0.29, 0.717) is 33.9 Å². The molecule has 1 amide bonds. The van der Waals surface area contributed by atoms with Crippen LogP contribution in [0.1, 0.15) is 29.9 Å². The van der Waals surface area contributed by atoms with Crippen molar-refractivity contribution in [3.05, 3.63) is 66.1 Å². The molecule has 0 atom stereocenters. The van der Waals surface area contributed by atoms with Gasteiger partial charge >= 0.3 is 0 Å². The highest BCUT2D eigenvalue weighted by Crippen LogP contribution is 2.36. The Bertz CT molecular complexity index is 1810. The molecule has 0 aromatic carbocycles. The summed E-state index contributed by atoms with van der Waals surface area (Å²) in [5, 5.41) is 11.4. The van der Waals surface area contributed by atoms with Crippen molar-refractivity contribution in [2.45, 2.75) is 20.3 Å². The molecule has 6 rings (SSSR count). The van der Waals surface area contributed by atoms with Crippen LogP contribution in [0.5, 0.6) is 0 Å². The molecule has 9 nitrogen and oxygen atoms in total. The second kappa shape index (κ2) is 9.07. The first kappa shape index (κ1) is 22.7. The van der Waals surface area contributed by atoms with Crippen molar-refractivity contribution >= 4 is 50.7 Å². The van der Waals surface area contributed by atoms with Crippen molar-refractivity contribution < 1.29 is 9.59 Å². The predicted molar refractivity (Wildman–Crippen MR) is 144 cm³/mol. The number of carbonyl (C=O) groups excluding carboxylic acids is 2. The van der Waals surface area contributed by atoms with E-state index in [1.807, 2.05) is 42.6 Å². The lowest BCUT2D eigenvalue weighted by Crippen LogP contribution is -2.09. The quantitative estimate of drug-likeness (QED) is 0.243. The van der Waals surface area contributed by atoms with Crippen LogP contribution in [0.15, 0.2) is 61.2 Å². The standard InChI is InChI=1S/C27H21N7O2S/c1-3-25(36)30-16-8-15(10-28-11-16)19-4-5-20-26(32-19)27(34-33-20)21-9-17-18(12-29-13-22(17)31-21)24-7-6-23(37-24)14(2)35/h4-13,31H,3H2,1-2H3,(H,30,36)(H,33,34). The zero-order valence-corrected chi connectivity index (χ0v) is 20.8. The molecule has 0 aliphatic rings. The molecule has 0 aliphatic carbocycles. The van der Waals surface area contributed by atoms with Gasteiger partial charge in [0.1, 0.15) is 11.2 Å². The summed E-state index contributed by atoms with van der Waals surface area (Å²) in [6.45, 7) is 3.37. The summed E-state index contributed by atoms with van der Waals surface area (Å²) < 4.78 is 0. The van der Waals surface area contributed by atoms with Crippen molar-refractivity contribution in [3.8, 4) is 33.1 Å². The number of aromatic nitrogens is 6. The Kier molecular flexibility index (Phi) is 5.57. The largest absolute Gasteiger partial charge is 0.352 e. The van der Waals surface area contributed by atoms with E-state index in [9.17, 15) is 9.59 Å². The molecule has 182 valence electrons. The summed E-state index contributed by atoms with van der Waals surface area (Å²) in [4.78, 5) is 42.2. The highest BCUT2D eigenvalue weighted by atomic mass is 32.1. The van der Waals surface area contributed by atoms with Gasteiger partial charge in [-0.25, -0.2) is 4.98 Å². The number of hydrogen-bond donors (Lipinski definition) is 3. The third-order valence-corrected chi connectivity index (χ3v) is 7.29. The fourth-order valence-corrected chi connectivity index (χ4v) is 5.12. The summed E-state index contributed by atoms with van der Waals surface area (Å²) in [6.07, 6.45) is 7.30. The van der Waals surface area contributed by atoms with Crippen molar-refractivity contribution in [3.63, 3.8) is 0 Å². The Hall–Kier alpha value is -4.70. The molecule has 0 bridgehead atoms. The van der Waals surface area contributed by atoms with Gasteiger partial charge < -0.3 is 10.3 Å². The first-order valence-electron chi connectivity index (χ1n) is 11.7. The number of pyridine rings is 3. The average molecular weight is 508 g/mol. The molecule has 6 aromatic rings. The van der Waals surface area contributed by atoms with Crippen molar-refractivity contribution in [2.75, 3.05) is 5.32 Å². The lowest BCUT2D eigenvalue weighted by Gasteiger charge is -2.06. The highest BCUT2D eigenvalue weighted by Gasteiger charge is 2.17. The predicted octanol–water partition coefficient (Wildman–Crippen LogP) is 5.84. The molecule has 10 heteroatoms. The number of nitrogens with one attached hydrogen (secondary N) is 3. The van der Waals surface area contributed by atoms with Crippen molar-refractivity contribution in [2.24, 2.45) is 0 Å². The minimum atomic E-state index is -0.0766. The van der Waals surface area contributed by atoms with Crippen LogP contribution in [0.25, 0.3) is 55.0 Å². The molecule has 0 aliphatic heterocycles.